The van der Waals surface area contributed by atoms with E-state index in [1.54, 1.807) is 6.07 Å². The number of anilines is 2. The maximum absolute atomic E-state index is 12.0. The molecule has 6 heteroatoms. The van der Waals surface area contributed by atoms with E-state index in [1.165, 1.54) is 4.90 Å². The minimum atomic E-state index is -0.911. The smallest absolute Gasteiger partial charge is 0.321 e. The summed E-state index contributed by atoms with van der Waals surface area (Å²) in [5, 5.41) is 11.4. The number of urea groups is 1. The molecule has 2 amide bonds. The molecule has 0 saturated carbocycles. The van der Waals surface area contributed by atoms with Crippen molar-refractivity contribution in [2.24, 2.45) is 0 Å². The minimum Gasteiger partial charge on any atom is -0.481 e. The van der Waals surface area contributed by atoms with Crippen molar-refractivity contribution in [1.82, 2.24) is 4.90 Å². The van der Waals surface area contributed by atoms with E-state index in [4.69, 9.17) is 5.11 Å². The fourth-order valence-electron chi connectivity index (χ4n) is 1.70. The molecule has 0 saturated heterocycles. The molecule has 0 aliphatic rings. The van der Waals surface area contributed by atoms with Gasteiger partial charge in [-0.15, -0.1) is 0 Å². The number of carboxylic acid groups (broad SMARTS) is 1. The van der Waals surface area contributed by atoms with Crippen LogP contribution in [0.2, 0.25) is 0 Å². The van der Waals surface area contributed by atoms with Gasteiger partial charge < -0.3 is 20.2 Å². The van der Waals surface area contributed by atoms with Gasteiger partial charge in [0.15, 0.2) is 0 Å². The molecule has 0 aliphatic heterocycles. The number of carbonyl (C=O) groups is 2. The molecule has 0 unspecified atom stereocenters. The van der Waals surface area contributed by atoms with Crippen LogP contribution in [-0.2, 0) is 4.79 Å². The zero-order valence-electron chi connectivity index (χ0n) is 12.1. The van der Waals surface area contributed by atoms with Gasteiger partial charge >= 0.3 is 12.0 Å². The summed E-state index contributed by atoms with van der Waals surface area (Å²) in [6.07, 6.45) is -0.0566. The summed E-state index contributed by atoms with van der Waals surface area (Å²) in [7, 11) is 3.85. The van der Waals surface area contributed by atoms with Gasteiger partial charge in [-0.05, 0) is 25.1 Å². The number of rotatable bonds is 6. The zero-order chi connectivity index (χ0) is 15.1. The van der Waals surface area contributed by atoms with Gasteiger partial charge in [-0.1, -0.05) is 6.07 Å². The van der Waals surface area contributed by atoms with Crippen LogP contribution in [0.4, 0.5) is 16.2 Å². The van der Waals surface area contributed by atoms with Crippen LogP contribution in [0, 0.1) is 0 Å². The molecule has 20 heavy (non-hydrogen) atoms. The largest absolute Gasteiger partial charge is 0.481 e. The Labute approximate surface area is 119 Å². The Kier molecular flexibility index (Phi) is 5.83. The highest BCUT2D eigenvalue weighted by Gasteiger charge is 2.13. The number of amides is 2. The predicted molar refractivity (Wildman–Crippen MR) is 79.3 cm³/mol. The molecule has 0 spiro atoms. The summed E-state index contributed by atoms with van der Waals surface area (Å²) < 4.78 is 0. The number of hydrogen-bond donors (Lipinski definition) is 2. The maximum Gasteiger partial charge on any atom is 0.321 e. The molecule has 1 aromatic rings. The summed E-state index contributed by atoms with van der Waals surface area (Å²) in [4.78, 5) is 26.0. The van der Waals surface area contributed by atoms with Crippen LogP contribution in [-0.4, -0.2) is 49.2 Å². The highest BCUT2D eigenvalue weighted by molar-refractivity contribution is 5.90. The standard InChI is InChI=1S/C14H21N3O3/c1-4-17(9-8-13(18)19)14(20)15-11-6-5-7-12(10-11)16(2)3/h5-7,10H,4,8-9H2,1-3H3,(H,15,20)(H,18,19). The average molecular weight is 279 g/mol. The van der Waals surface area contributed by atoms with Crippen molar-refractivity contribution in [1.29, 1.82) is 0 Å². The second kappa shape index (κ2) is 7.37. The molecule has 110 valence electrons. The van der Waals surface area contributed by atoms with Crippen LogP contribution >= 0.6 is 0 Å². The highest BCUT2D eigenvalue weighted by Crippen LogP contribution is 2.17. The number of benzene rings is 1. The topological polar surface area (TPSA) is 72.9 Å². The molecule has 0 aromatic heterocycles. The molecule has 0 bridgehead atoms. The molecular weight excluding hydrogens is 258 g/mol. The molecular formula is C14H21N3O3. The summed E-state index contributed by atoms with van der Waals surface area (Å²) in [5.74, 6) is -0.911. The number of carbonyl (C=O) groups excluding carboxylic acids is 1. The van der Waals surface area contributed by atoms with Crippen LogP contribution < -0.4 is 10.2 Å². The average Bonchev–Trinajstić information content (AvgIpc) is 2.39. The fraction of sp³-hybridized carbons (Fsp3) is 0.429. The van der Waals surface area contributed by atoms with Crippen molar-refractivity contribution in [3.05, 3.63) is 24.3 Å². The number of aliphatic carboxylic acids is 1. The van der Waals surface area contributed by atoms with Gasteiger partial charge in [0, 0.05) is 38.6 Å². The Bertz CT molecular complexity index is 474. The van der Waals surface area contributed by atoms with Crippen LogP contribution in [0.5, 0.6) is 0 Å². The summed E-state index contributed by atoms with van der Waals surface area (Å²) in [5.41, 5.74) is 1.67. The van der Waals surface area contributed by atoms with Crippen molar-refractivity contribution < 1.29 is 14.7 Å². The molecule has 0 fully saturated rings. The molecule has 0 heterocycles. The van der Waals surface area contributed by atoms with Crippen molar-refractivity contribution in [3.8, 4) is 0 Å². The molecule has 0 aliphatic carbocycles. The summed E-state index contributed by atoms with van der Waals surface area (Å²) in [6, 6.07) is 7.18. The van der Waals surface area contributed by atoms with Crippen molar-refractivity contribution in [2.45, 2.75) is 13.3 Å². The summed E-state index contributed by atoms with van der Waals surface area (Å²) in [6.45, 7) is 2.48. The monoisotopic (exact) mass is 279 g/mol. The first kappa shape index (κ1) is 15.8. The first-order valence-corrected chi connectivity index (χ1v) is 6.49. The van der Waals surface area contributed by atoms with Crippen LogP contribution in [0.3, 0.4) is 0 Å². The molecule has 6 nitrogen and oxygen atoms in total. The second-order valence-electron chi connectivity index (χ2n) is 4.60. The zero-order valence-corrected chi connectivity index (χ0v) is 12.1. The minimum absolute atomic E-state index is 0.0566. The van der Waals surface area contributed by atoms with Gasteiger partial charge in [0.2, 0.25) is 0 Å². The predicted octanol–water partition coefficient (Wildman–Crippen LogP) is 2.08. The van der Waals surface area contributed by atoms with E-state index in [9.17, 15) is 9.59 Å². The Morgan fingerprint density at radius 2 is 2.00 bits per heavy atom. The van der Waals surface area contributed by atoms with Gasteiger partial charge in [-0.25, -0.2) is 4.79 Å². The van der Waals surface area contributed by atoms with E-state index in [0.717, 1.165) is 5.69 Å². The Morgan fingerprint density at radius 1 is 1.30 bits per heavy atom. The van der Waals surface area contributed by atoms with Gasteiger partial charge in [-0.2, -0.15) is 0 Å². The fourth-order valence-corrected chi connectivity index (χ4v) is 1.70. The highest BCUT2D eigenvalue weighted by atomic mass is 16.4. The van der Waals surface area contributed by atoms with E-state index in [1.807, 2.05) is 44.1 Å². The van der Waals surface area contributed by atoms with E-state index in [2.05, 4.69) is 5.32 Å². The number of nitrogens with zero attached hydrogens (tertiary/aromatic N) is 2. The SMILES string of the molecule is CCN(CCC(=O)O)C(=O)Nc1cccc(N(C)C)c1. The van der Waals surface area contributed by atoms with Crippen molar-refractivity contribution >= 4 is 23.4 Å². The van der Waals surface area contributed by atoms with Gasteiger partial charge in [0.1, 0.15) is 0 Å². The molecule has 0 radical (unpaired) electrons. The third-order valence-corrected chi connectivity index (χ3v) is 2.88. The summed E-state index contributed by atoms with van der Waals surface area (Å²) >= 11 is 0. The third-order valence-electron chi connectivity index (χ3n) is 2.88. The lowest BCUT2D eigenvalue weighted by Crippen LogP contribution is -2.36. The van der Waals surface area contributed by atoms with Crippen LogP contribution in [0.15, 0.2) is 24.3 Å². The molecule has 2 N–H and O–H groups in total. The number of nitrogens with one attached hydrogen (secondary N) is 1. The van der Waals surface area contributed by atoms with E-state index in [0.29, 0.717) is 12.2 Å². The number of carboxylic acids is 1. The van der Waals surface area contributed by atoms with Gasteiger partial charge in [-0.3, -0.25) is 4.79 Å². The Hall–Kier alpha value is -2.24. The molecule has 1 rings (SSSR count). The van der Waals surface area contributed by atoms with Gasteiger partial charge in [0.25, 0.3) is 0 Å². The second-order valence-corrected chi connectivity index (χ2v) is 4.60. The lowest BCUT2D eigenvalue weighted by molar-refractivity contribution is -0.137. The first-order valence-electron chi connectivity index (χ1n) is 6.49. The lowest BCUT2D eigenvalue weighted by atomic mass is 10.2. The van der Waals surface area contributed by atoms with Gasteiger partial charge in [0.05, 0.1) is 6.42 Å². The van der Waals surface area contributed by atoms with Crippen LogP contribution in [0.25, 0.3) is 0 Å². The van der Waals surface area contributed by atoms with Crippen molar-refractivity contribution in [3.63, 3.8) is 0 Å². The van der Waals surface area contributed by atoms with E-state index >= 15 is 0 Å². The maximum atomic E-state index is 12.0. The molecule has 0 atom stereocenters. The molecule has 1 aromatic carbocycles. The number of hydrogen-bond acceptors (Lipinski definition) is 3. The Morgan fingerprint density at radius 3 is 2.55 bits per heavy atom. The quantitative estimate of drug-likeness (QED) is 0.836. The Balaban J connectivity index is 2.68. The third kappa shape index (κ3) is 4.79. The van der Waals surface area contributed by atoms with E-state index < -0.39 is 5.97 Å². The first-order chi connectivity index (χ1) is 9.43. The lowest BCUT2D eigenvalue weighted by Gasteiger charge is -2.21. The van der Waals surface area contributed by atoms with Crippen molar-refractivity contribution in [2.75, 3.05) is 37.4 Å². The van der Waals surface area contributed by atoms with E-state index in [-0.39, 0.29) is 19.0 Å². The normalized spacial score (nSPS) is 9.95. The van der Waals surface area contributed by atoms with Crippen LogP contribution in [0.1, 0.15) is 13.3 Å².